The topological polar surface area (TPSA) is 46.2 Å². The quantitative estimate of drug-likeness (QED) is 0.923. The minimum Gasteiger partial charge on any atom is -0.311 e. The van der Waals surface area contributed by atoms with Crippen molar-refractivity contribution in [1.82, 2.24) is 5.32 Å². The zero-order valence-corrected chi connectivity index (χ0v) is 12.0. The van der Waals surface area contributed by atoms with Crippen molar-refractivity contribution < 1.29 is 8.42 Å². The average molecular weight is 324 g/mol. The molecule has 16 heavy (non-hydrogen) atoms. The lowest BCUT2D eigenvalue weighted by molar-refractivity contribution is 0.575. The number of rotatable bonds is 4. The van der Waals surface area contributed by atoms with E-state index in [1.165, 1.54) is 4.88 Å². The molecule has 1 atom stereocenters. The van der Waals surface area contributed by atoms with Crippen LogP contribution < -0.4 is 5.32 Å². The smallest absolute Gasteiger partial charge is 0.154 e. The zero-order chi connectivity index (χ0) is 11.6. The molecular formula is C10H14BrNO2S2. The maximum absolute atomic E-state index is 11.6. The molecule has 0 radical (unpaired) electrons. The summed E-state index contributed by atoms with van der Waals surface area (Å²) in [7, 11) is -2.80. The van der Waals surface area contributed by atoms with Crippen molar-refractivity contribution in [3.63, 3.8) is 0 Å². The van der Waals surface area contributed by atoms with E-state index in [0.29, 0.717) is 12.3 Å². The van der Waals surface area contributed by atoms with Crippen LogP contribution in [0.25, 0.3) is 0 Å². The number of hydrogen-bond donors (Lipinski definition) is 1. The van der Waals surface area contributed by atoms with E-state index in [2.05, 4.69) is 21.2 Å². The Kier molecular flexibility index (Phi) is 4.05. The first-order valence-corrected chi connectivity index (χ1v) is 8.57. The second kappa shape index (κ2) is 5.16. The van der Waals surface area contributed by atoms with Crippen molar-refractivity contribution in [3.8, 4) is 0 Å². The number of thiophene rings is 1. The van der Waals surface area contributed by atoms with Crippen LogP contribution in [-0.2, 0) is 16.4 Å². The first-order valence-electron chi connectivity index (χ1n) is 5.24. The molecule has 1 aliphatic heterocycles. The van der Waals surface area contributed by atoms with Gasteiger partial charge in [-0.25, -0.2) is 8.42 Å². The lowest BCUT2D eigenvalue weighted by atomic mass is 10.2. The largest absolute Gasteiger partial charge is 0.311 e. The minimum absolute atomic E-state index is 0.170. The second-order valence-corrected chi connectivity index (χ2v) is 8.92. The normalized spacial score (nSPS) is 23.7. The van der Waals surface area contributed by atoms with Crippen molar-refractivity contribution in [2.75, 3.05) is 12.3 Å². The third kappa shape index (κ3) is 3.06. The van der Waals surface area contributed by atoms with Gasteiger partial charge in [0.05, 0.1) is 14.8 Å². The predicted octanol–water partition coefficient (Wildman–Crippen LogP) is 2.18. The molecule has 1 aromatic rings. The lowest BCUT2D eigenvalue weighted by Gasteiger charge is -2.09. The summed E-state index contributed by atoms with van der Waals surface area (Å²) >= 11 is 5.08. The van der Waals surface area contributed by atoms with Crippen molar-refractivity contribution in [1.29, 1.82) is 0 Å². The molecule has 0 aliphatic carbocycles. The van der Waals surface area contributed by atoms with Crippen molar-refractivity contribution >= 4 is 37.1 Å². The second-order valence-electron chi connectivity index (χ2n) is 3.97. The Labute approximate surface area is 108 Å². The molecule has 0 aromatic carbocycles. The van der Waals surface area contributed by atoms with E-state index in [-0.39, 0.29) is 5.25 Å². The van der Waals surface area contributed by atoms with Gasteiger partial charge in [0.25, 0.3) is 0 Å². The monoisotopic (exact) mass is 323 g/mol. The van der Waals surface area contributed by atoms with Crippen LogP contribution in [0.4, 0.5) is 0 Å². The van der Waals surface area contributed by atoms with Gasteiger partial charge in [0.1, 0.15) is 0 Å². The third-order valence-corrected chi connectivity index (χ3v) is 6.66. The highest BCUT2D eigenvalue weighted by Crippen LogP contribution is 2.22. The Balaban J connectivity index is 1.80. The molecule has 0 amide bonds. The van der Waals surface area contributed by atoms with Gasteiger partial charge in [0.2, 0.25) is 0 Å². The summed E-state index contributed by atoms with van der Waals surface area (Å²) in [6.07, 6.45) is 1.63. The van der Waals surface area contributed by atoms with Gasteiger partial charge in [-0.2, -0.15) is 0 Å². The van der Waals surface area contributed by atoms with Crippen LogP contribution in [0.1, 0.15) is 17.7 Å². The fraction of sp³-hybridized carbons (Fsp3) is 0.600. The van der Waals surface area contributed by atoms with Crippen LogP contribution in [0.2, 0.25) is 0 Å². The van der Waals surface area contributed by atoms with E-state index < -0.39 is 9.84 Å². The molecule has 90 valence electrons. The number of hydrogen-bond acceptors (Lipinski definition) is 4. The SMILES string of the molecule is O=S1(=O)CCCC1CNCc1ccc(Br)s1. The van der Waals surface area contributed by atoms with Gasteiger partial charge in [-0.1, -0.05) is 0 Å². The van der Waals surface area contributed by atoms with Gasteiger partial charge >= 0.3 is 0 Å². The molecule has 2 heterocycles. The minimum atomic E-state index is -2.80. The first kappa shape index (κ1) is 12.5. The molecule has 6 heteroatoms. The van der Waals surface area contributed by atoms with E-state index in [1.807, 2.05) is 12.1 Å². The molecule has 1 aromatic heterocycles. The summed E-state index contributed by atoms with van der Waals surface area (Å²) in [5.41, 5.74) is 0. The predicted molar refractivity (Wildman–Crippen MR) is 70.5 cm³/mol. The molecule has 1 unspecified atom stereocenters. The van der Waals surface area contributed by atoms with E-state index in [4.69, 9.17) is 0 Å². The Morgan fingerprint density at radius 2 is 2.31 bits per heavy atom. The molecule has 0 spiro atoms. The van der Waals surface area contributed by atoms with Crippen molar-refractivity contribution in [2.24, 2.45) is 0 Å². The van der Waals surface area contributed by atoms with E-state index in [1.54, 1.807) is 11.3 Å². The Morgan fingerprint density at radius 1 is 1.50 bits per heavy atom. The van der Waals surface area contributed by atoms with Crippen LogP contribution in [0.3, 0.4) is 0 Å². The Morgan fingerprint density at radius 3 is 2.88 bits per heavy atom. The highest BCUT2D eigenvalue weighted by Gasteiger charge is 2.30. The number of nitrogens with one attached hydrogen (secondary N) is 1. The van der Waals surface area contributed by atoms with Gasteiger partial charge in [-0.05, 0) is 40.9 Å². The summed E-state index contributed by atoms with van der Waals surface area (Å²) in [5.74, 6) is 0.365. The fourth-order valence-corrected chi connectivity index (χ4v) is 5.14. The Hall–Kier alpha value is 0.0900. The maximum atomic E-state index is 11.6. The summed E-state index contributed by atoms with van der Waals surface area (Å²) < 4.78 is 24.2. The standard InChI is InChI=1S/C10H14BrNO2S2/c11-10-4-3-8(15-10)6-12-7-9-2-1-5-16(9,13)14/h3-4,9,12H,1-2,5-7H2. The van der Waals surface area contributed by atoms with Crippen LogP contribution in [0.5, 0.6) is 0 Å². The summed E-state index contributed by atoms with van der Waals surface area (Å²) in [6, 6.07) is 4.05. The first-order chi connectivity index (χ1) is 7.58. The summed E-state index contributed by atoms with van der Waals surface area (Å²) in [6.45, 7) is 1.33. The fourth-order valence-electron chi connectivity index (χ4n) is 1.89. The average Bonchev–Trinajstić information content (AvgIpc) is 2.74. The van der Waals surface area contributed by atoms with E-state index in [0.717, 1.165) is 23.2 Å². The third-order valence-electron chi connectivity index (χ3n) is 2.76. The van der Waals surface area contributed by atoms with Crippen LogP contribution >= 0.6 is 27.3 Å². The zero-order valence-electron chi connectivity index (χ0n) is 8.78. The van der Waals surface area contributed by atoms with Gasteiger partial charge in [0.15, 0.2) is 9.84 Å². The number of sulfone groups is 1. The van der Waals surface area contributed by atoms with Crippen LogP contribution in [0, 0.1) is 0 Å². The molecule has 1 fully saturated rings. The molecular weight excluding hydrogens is 310 g/mol. The maximum Gasteiger partial charge on any atom is 0.154 e. The number of halogens is 1. The lowest BCUT2D eigenvalue weighted by Crippen LogP contribution is -2.29. The molecule has 3 nitrogen and oxygen atoms in total. The molecule has 0 saturated carbocycles. The van der Waals surface area contributed by atoms with Crippen molar-refractivity contribution in [3.05, 3.63) is 20.8 Å². The van der Waals surface area contributed by atoms with Gasteiger partial charge in [0, 0.05) is 18.0 Å². The Bertz CT molecular complexity index is 455. The molecule has 2 rings (SSSR count). The summed E-state index contributed by atoms with van der Waals surface area (Å²) in [4.78, 5) is 1.22. The highest BCUT2D eigenvalue weighted by molar-refractivity contribution is 9.11. The van der Waals surface area contributed by atoms with Gasteiger partial charge < -0.3 is 5.32 Å². The molecule has 1 saturated heterocycles. The molecule has 0 bridgehead atoms. The van der Waals surface area contributed by atoms with E-state index >= 15 is 0 Å². The van der Waals surface area contributed by atoms with E-state index in [9.17, 15) is 8.42 Å². The molecule has 1 aliphatic rings. The van der Waals surface area contributed by atoms with Crippen molar-refractivity contribution in [2.45, 2.75) is 24.6 Å². The molecule has 1 N–H and O–H groups in total. The summed E-state index contributed by atoms with van der Waals surface area (Å²) in [5, 5.41) is 3.05. The van der Waals surface area contributed by atoms with Crippen LogP contribution in [-0.4, -0.2) is 26.0 Å². The van der Waals surface area contributed by atoms with Gasteiger partial charge in [-0.15, -0.1) is 11.3 Å². The highest BCUT2D eigenvalue weighted by atomic mass is 79.9. The van der Waals surface area contributed by atoms with Crippen LogP contribution in [0.15, 0.2) is 15.9 Å². The van der Waals surface area contributed by atoms with Gasteiger partial charge in [-0.3, -0.25) is 0 Å².